The summed E-state index contributed by atoms with van der Waals surface area (Å²) in [5, 5.41) is 8.38. The molecule has 0 aliphatic carbocycles. The molecule has 0 aromatic rings. The highest BCUT2D eigenvalue weighted by Gasteiger charge is 2.15. The lowest BCUT2D eigenvalue weighted by Gasteiger charge is -2.27. The van der Waals surface area contributed by atoms with Gasteiger partial charge in [0.2, 0.25) is 0 Å². The minimum Gasteiger partial charge on any atom is -0.229 e. The van der Waals surface area contributed by atoms with Gasteiger partial charge in [-0.05, 0) is 30.6 Å². The van der Waals surface area contributed by atoms with Crippen molar-refractivity contribution in [3.8, 4) is 6.07 Å². The molecule has 90 valence electrons. The molecule has 0 N–H and O–H groups in total. The van der Waals surface area contributed by atoms with E-state index in [1.807, 2.05) is 6.26 Å². The summed E-state index contributed by atoms with van der Waals surface area (Å²) >= 11 is 0. The largest absolute Gasteiger partial charge is 0.229 e. The summed E-state index contributed by atoms with van der Waals surface area (Å²) in [4.78, 5) is 0. The quantitative estimate of drug-likeness (QED) is 0.668. The number of rotatable bonds is 7. The number of halogens is 1. The third-order valence-electron chi connectivity index (χ3n) is 1.94. The highest BCUT2D eigenvalue weighted by Crippen LogP contribution is 2.50. The van der Waals surface area contributed by atoms with Crippen molar-refractivity contribution in [2.75, 3.05) is 29.8 Å². The van der Waals surface area contributed by atoms with Crippen molar-refractivity contribution < 1.29 is 8.42 Å². The second-order valence-corrected chi connectivity index (χ2v) is 11.4. The van der Waals surface area contributed by atoms with Crippen LogP contribution < -0.4 is 0 Å². The van der Waals surface area contributed by atoms with Gasteiger partial charge >= 0.3 is 0 Å². The third kappa shape index (κ3) is 10.4. The van der Waals surface area contributed by atoms with Gasteiger partial charge in [0, 0.05) is 12.7 Å². The lowest BCUT2D eigenvalue weighted by atomic mass is 10.4. The zero-order valence-electron chi connectivity index (χ0n) is 9.20. The molecular formula is C9H18ClNO2S2. The van der Waals surface area contributed by atoms with Gasteiger partial charge in [-0.2, -0.15) is 14.5 Å². The molecule has 0 heterocycles. The summed E-state index contributed by atoms with van der Waals surface area (Å²) in [6, 6.07) is 2.08. The van der Waals surface area contributed by atoms with Crippen LogP contribution >= 0.6 is 19.9 Å². The first-order valence-electron chi connectivity index (χ1n) is 4.75. The fraction of sp³-hybridized carbons (Fsp3) is 0.889. The van der Waals surface area contributed by atoms with Crippen molar-refractivity contribution >= 4 is 29.8 Å². The van der Waals surface area contributed by atoms with Crippen molar-refractivity contribution in [2.45, 2.75) is 19.3 Å². The molecular weight excluding hydrogens is 254 g/mol. The number of hydrogen-bond donors (Lipinski definition) is 0. The number of nitrogens with zero attached hydrogens (tertiary/aromatic N) is 1. The molecule has 1 atom stereocenters. The Hall–Kier alpha value is 0.0800. The van der Waals surface area contributed by atoms with E-state index in [0.29, 0.717) is 12.8 Å². The number of hydrogen-bond acceptors (Lipinski definition) is 3. The number of nitriles is 1. The molecule has 15 heavy (non-hydrogen) atoms. The van der Waals surface area contributed by atoms with Crippen LogP contribution in [0.2, 0.25) is 0 Å². The summed E-state index contributed by atoms with van der Waals surface area (Å²) in [7, 11) is 2.19. The topological polar surface area (TPSA) is 57.9 Å². The SMILES string of the molecule is CS(Cl)(CCCC#N)CCCS(C)(=O)=O. The van der Waals surface area contributed by atoms with Gasteiger partial charge in [-0.1, -0.05) is 10.7 Å². The first kappa shape index (κ1) is 15.1. The number of unbranched alkanes of at least 4 members (excludes halogenated alkanes) is 1. The Morgan fingerprint density at radius 2 is 1.67 bits per heavy atom. The normalized spacial score (nSPS) is 17.7. The van der Waals surface area contributed by atoms with Crippen LogP contribution in [0, 0.1) is 11.3 Å². The van der Waals surface area contributed by atoms with Crippen LogP contribution in [-0.4, -0.2) is 38.2 Å². The fourth-order valence-corrected chi connectivity index (χ4v) is 4.38. The van der Waals surface area contributed by atoms with E-state index >= 15 is 0 Å². The second kappa shape index (κ2) is 6.62. The Morgan fingerprint density at radius 1 is 1.13 bits per heavy atom. The minimum absolute atomic E-state index is 0.209. The van der Waals surface area contributed by atoms with Crippen molar-refractivity contribution in [3.05, 3.63) is 0 Å². The van der Waals surface area contributed by atoms with E-state index in [0.717, 1.165) is 17.9 Å². The van der Waals surface area contributed by atoms with Crippen molar-refractivity contribution in [1.82, 2.24) is 0 Å². The van der Waals surface area contributed by atoms with Crippen LogP contribution in [0.25, 0.3) is 0 Å². The highest BCUT2D eigenvalue weighted by molar-refractivity contribution is 8.50. The Labute approximate surface area is 98.5 Å². The molecule has 0 aromatic carbocycles. The van der Waals surface area contributed by atoms with Crippen LogP contribution in [-0.2, 0) is 9.84 Å². The molecule has 0 aliphatic rings. The zero-order chi connectivity index (χ0) is 11.9. The van der Waals surface area contributed by atoms with Gasteiger partial charge in [0.05, 0.1) is 11.8 Å². The van der Waals surface area contributed by atoms with E-state index in [-0.39, 0.29) is 5.75 Å². The van der Waals surface area contributed by atoms with Gasteiger partial charge in [0.25, 0.3) is 0 Å². The van der Waals surface area contributed by atoms with E-state index in [9.17, 15) is 8.42 Å². The molecule has 6 heteroatoms. The predicted octanol–water partition coefficient (Wildman–Crippen LogP) is 2.31. The molecule has 0 rings (SSSR count). The molecule has 0 radical (unpaired) electrons. The van der Waals surface area contributed by atoms with Gasteiger partial charge in [-0.25, -0.2) is 8.42 Å². The number of sulfone groups is 1. The molecule has 3 nitrogen and oxygen atoms in total. The van der Waals surface area contributed by atoms with Crippen LogP contribution in [0.1, 0.15) is 19.3 Å². The summed E-state index contributed by atoms with van der Waals surface area (Å²) in [5.41, 5.74) is 0. The average molecular weight is 272 g/mol. The minimum atomic E-state index is -2.87. The predicted molar refractivity (Wildman–Crippen MR) is 68.3 cm³/mol. The van der Waals surface area contributed by atoms with Crippen LogP contribution in [0.4, 0.5) is 0 Å². The van der Waals surface area contributed by atoms with E-state index in [1.54, 1.807) is 0 Å². The average Bonchev–Trinajstić information content (AvgIpc) is 2.01. The van der Waals surface area contributed by atoms with E-state index < -0.39 is 19.1 Å². The molecule has 0 fully saturated rings. The van der Waals surface area contributed by atoms with Gasteiger partial charge < -0.3 is 0 Å². The molecule has 0 bridgehead atoms. The van der Waals surface area contributed by atoms with E-state index in [4.69, 9.17) is 15.9 Å². The van der Waals surface area contributed by atoms with Gasteiger partial charge in [0.15, 0.2) is 0 Å². The maximum Gasteiger partial charge on any atom is 0.147 e. The van der Waals surface area contributed by atoms with Crippen molar-refractivity contribution in [2.24, 2.45) is 0 Å². The lowest BCUT2D eigenvalue weighted by Crippen LogP contribution is -2.08. The lowest BCUT2D eigenvalue weighted by molar-refractivity contribution is 0.600. The van der Waals surface area contributed by atoms with Gasteiger partial charge in [0.1, 0.15) is 9.84 Å². The van der Waals surface area contributed by atoms with Crippen molar-refractivity contribution in [1.29, 1.82) is 5.26 Å². The smallest absolute Gasteiger partial charge is 0.147 e. The molecule has 0 aromatic heterocycles. The zero-order valence-corrected chi connectivity index (χ0v) is 11.6. The Morgan fingerprint density at radius 3 is 2.13 bits per heavy atom. The molecule has 1 unspecified atom stereocenters. The standard InChI is InChI=1S/C9H18ClNO2S2/c1-14(10,7-4-3-6-11)8-5-9-15(2,12)13/h3-5,7-9H2,1-2H3. The van der Waals surface area contributed by atoms with Gasteiger partial charge in [-0.15, -0.1) is 0 Å². The first-order valence-corrected chi connectivity index (χ1v) is 10.0. The third-order valence-corrected chi connectivity index (χ3v) is 6.18. The van der Waals surface area contributed by atoms with E-state index in [2.05, 4.69) is 6.07 Å². The van der Waals surface area contributed by atoms with E-state index in [1.165, 1.54) is 6.26 Å². The molecule has 0 spiro atoms. The summed E-state index contributed by atoms with van der Waals surface area (Å²) < 4.78 is 21.8. The molecule has 0 saturated heterocycles. The maximum absolute atomic E-state index is 10.9. The fourth-order valence-electron chi connectivity index (χ4n) is 1.18. The molecule has 0 aliphatic heterocycles. The van der Waals surface area contributed by atoms with Crippen molar-refractivity contribution in [3.63, 3.8) is 0 Å². The second-order valence-electron chi connectivity index (χ2n) is 3.81. The Balaban J connectivity index is 3.79. The van der Waals surface area contributed by atoms with Crippen LogP contribution in [0.5, 0.6) is 0 Å². The highest BCUT2D eigenvalue weighted by atomic mass is 35.7. The monoisotopic (exact) mass is 271 g/mol. The molecule has 0 saturated carbocycles. The Kier molecular flexibility index (Phi) is 6.65. The summed E-state index contributed by atoms with van der Waals surface area (Å²) in [6.45, 7) is 0. The summed E-state index contributed by atoms with van der Waals surface area (Å²) in [6.07, 6.45) is 5.19. The maximum atomic E-state index is 10.9. The van der Waals surface area contributed by atoms with Crippen LogP contribution in [0.3, 0.4) is 0 Å². The van der Waals surface area contributed by atoms with Crippen LogP contribution in [0.15, 0.2) is 0 Å². The summed E-state index contributed by atoms with van der Waals surface area (Å²) in [5.74, 6) is 1.81. The Bertz CT molecular complexity index is 319. The molecule has 0 amide bonds. The van der Waals surface area contributed by atoms with Gasteiger partial charge in [-0.3, -0.25) is 0 Å². The first-order chi connectivity index (χ1) is 6.77.